The normalized spacial score (nSPS) is 11.0. The summed E-state index contributed by atoms with van der Waals surface area (Å²) in [5.74, 6) is 0. The van der Waals surface area contributed by atoms with Gasteiger partial charge in [0.1, 0.15) is 0 Å². The van der Waals surface area contributed by atoms with Gasteiger partial charge in [-0.15, -0.1) is 0 Å². The third kappa shape index (κ3) is 5.83. The van der Waals surface area contributed by atoms with Crippen LogP contribution in [0.15, 0.2) is 200 Å². The van der Waals surface area contributed by atoms with Gasteiger partial charge < -0.3 is 4.90 Å². The van der Waals surface area contributed by atoms with Gasteiger partial charge in [-0.3, -0.25) is 0 Å². The maximum Gasteiger partial charge on any atom is 0.0467 e. The molecule has 0 spiro atoms. The number of fused-ring (bicyclic) bond motifs is 1. The number of hydrogen-bond acceptors (Lipinski definition) is 1. The Labute approximate surface area is 276 Å². The average molecular weight is 600 g/mol. The largest absolute Gasteiger partial charge is 0.310 e. The van der Waals surface area contributed by atoms with E-state index in [2.05, 4.69) is 205 Å². The van der Waals surface area contributed by atoms with Crippen molar-refractivity contribution in [3.63, 3.8) is 0 Å². The molecule has 0 N–H and O–H groups in total. The van der Waals surface area contributed by atoms with Crippen LogP contribution in [0.3, 0.4) is 0 Å². The molecule has 0 unspecified atom stereocenters. The second-order valence-corrected chi connectivity index (χ2v) is 11.8. The number of para-hydroxylation sites is 1. The van der Waals surface area contributed by atoms with Crippen LogP contribution in [-0.2, 0) is 0 Å². The van der Waals surface area contributed by atoms with Gasteiger partial charge in [-0.1, -0.05) is 152 Å². The summed E-state index contributed by atoms with van der Waals surface area (Å²) < 4.78 is 0. The molecule has 0 aromatic heterocycles. The van der Waals surface area contributed by atoms with Crippen LogP contribution >= 0.6 is 0 Å². The molecule has 0 heterocycles. The van der Waals surface area contributed by atoms with Crippen molar-refractivity contribution < 1.29 is 0 Å². The van der Waals surface area contributed by atoms with Crippen molar-refractivity contribution in [3.05, 3.63) is 200 Å². The first-order chi connectivity index (χ1) is 23.3. The van der Waals surface area contributed by atoms with Crippen molar-refractivity contribution in [2.45, 2.75) is 0 Å². The molecule has 0 fully saturated rings. The first-order valence-electron chi connectivity index (χ1n) is 16.1. The summed E-state index contributed by atoms with van der Waals surface area (Å²) in [6, 6.07) is 71.8. The molecule has 1 nitrogen and oxygen atoms in total. The molecule has 0 atom stereocenters. The zero-order chi connectivity index (χ0) is 31.4. The summed E-state index contributed by atoms with van der Waals surface area (Å²) in [5, 5.41) is 2.52. The van der Waals surface area contributed by atoms with Gasteiger partial charge in [0.05, 0.1) is 0 Å². The third-order valence-electron chi connectivity index (χ3n) is 8.82. The van der Waals surface area contributed by atoms with E-state index in [0.717, 1.165) is 17.1 Å². The molecular weight excluding hydrogens is 567 g/mol. The Morgan fingerprint density at radius 2 is 0.660 bits per heavy atom. The second-order valence-electron chi connectivity index (χ2n) is 11.8. The van der Waals surface area contributed by atoms with Crippen LogP contribution in [0.2, 0.25) is 0 Å². The lowest BCUT2D eigenvalue weighted by atomic mass is 9.95. The van der Waals surface area contributed by atoms with Crippen LogP contribution in [0.25, 0.3) is 55.3 Å². The predicted molar refractivity (Wildman–Crippen MR) is 200 cm³/mol. The molecule has 222 valence electrons. The highest BCUT2D eigenvalue weighted by molar-refractivity contribution is 5.97. The molecule has 0 aliphatic rings. The van der Waals surface area contributed by atoms with Gasteiger partial charge in [0, 0.05) is 17.1 Å². The first kappa shape index (κ1) is 28.3. The summed E-state index contributed by atoms with van der Waals surface area (Å²) in [6.07, 6.45) is 0. The summed E-state index contributed by atoms with van der Waals surface area (Å²) in [5.41, 5.74) is 13.0. The molecule has 0 bridgehead atoms. The van der Waals surface area contributed by atoms with Gasteiger partial charge in [0.15, 0.2) is 0 Å². The molecule has 1 heteroatoms. The first-order valence-corrected chi connectivity index (χ1v) is 16.1. The highest BCUT2D eigenvalue weighted by atomic mass is 15.1. The highest BCUT2D eigenvalue weighted by Gasteiger charge is 2.15. The monoisotopic (exact) mass is 599 g/mol. The molecule has 8 rings (SSSR count). The Hall–Kier alpha value is -6.18. The van der Waals surface area contributed by atoms with Gasteiger partial charge >= 0.3 is 0 Å². The van der Waals surface area contributed by atoms with Crippen LogP contribution < -0.4 is 4.90 Å². The minimum atomic E-state index is 1.11. The molecule has 0 saturated carbocycles. The molecule has 0 saturated heterocycles. The van der Waals surface area contributed by atoms with E-state index in [1.165, 1.54) is 55.3 Å². The van der Waals surface area contributed by atoms with Gasteiger partial charge in [0.2, 0.25) is 0 Å². The zero-order valence-electron chi connectivity index (χ0n) is 26.0. The quantitative estimate of drug-likeness (QED) is 0.176. The van der Waals surface area contributed by atoms with Crippen LogP contribution in [0.5, 0.6) is 0 Å². The minimum Gasteiger partial charge on any atom is -0.310 e. The summed E-state index contributed by atoms with van der Waals surface area (Å²) in [7, 11) is 0. The van der Waals surface area contributed by atoms with Crippen molar-refractivity contribution >= 4 is 27.8 Å². The number of hydrogen-bond donors (Lipinski definition) is 0. The van der Waals surface area contributed by atoms with E-state index >= 15 is 0 Å². The second kappa shape index (κ2) is 12.7. The van der Waals surface area contributed by atoms with Crippen LogP contribution in [0, 0.1) is 0 Å². The van der Waals surface area contributed by atoms with E-state index in [1.54, 1.807) is 0 Å². The number of rotatable bonds is 7. The van der Waals surface area contributed by atoms with Crippen molar-refractivity contribution in [1.82, 2.24) is 0 Å². The lowest BCUT2D eigenvalue weighted by Crippen LogP contribution is -2.10. The summed E-state index contributed by atoms with van der Waals surface area (Å²) in [6.45, 7) is 0. The summed E-state index contributed by atoms with van der Waals surface area (Å²) >= 11 is 0. The molecular formula is C46H33N. The fraction of sp³-hybridized carbons (Fsp3) is 0. The highest BCUT2D eigenvalue weighted by Crippen LogP contribution is 2.39. The molecule has 0 radical (unpaired) electrons. The molecule has 0 aliphatic carbocycles. The zero-order valence-corrected chi connectivity index (χ0v) is 26.0. The number of nitrogens with zero attached hydrogens (tertiary/aromatic N) is 1. The van der Waals surface area contributed by atoms with Crippen LogP contribution in [-0.4, -0.2) is 0 Å². The Kier molecular flexibility index (Phi) is 7.63. The Bertz CT molecular complexity index is 2300. The maximum atomic E-state index is 2.35. The topological polar surface area (TPSA) is 3.24 Å². The predicted octanol–water partition coefficient (Wildman–Crippen LogP) is 13.0. The van der Waals surface area contributed by atoms with Crippen LogP contribution in [0.1, 0.15) is 0 Å². The number of benzene rings is 8. The maximum absolute atomic E-state index is 2.35. The van der Waals surface area contributed by atoms with Crippen molar-refractivity contribution in [3.8, 4) is 44.5 Å². The standard InChI is InChI=1S/C46H33N/c1-3-14-34(15-4-1)36-18-9-19-37(30-36)39-21-11-26-43(32-39)47(42-24-5-2-6-25-42)44-27-12-22-40(33-44)38-20-10-23-41(31-38)46-29-13-17-35-16-7-8-28-45(35)46/h1-33H. The van der Waals surface area contributed by atoms with Crippen molar-refractivity contribution in [2.24, 2.45) is 0 Å². The SMILES string of the molecule is c1ccc(-c2cccc(-c3cccc(N(c4ccccc4)c4cccc(-c5cccc(-c6cccc7ccccc67)c5)c4)c3)c2)cc1. The van der Waals surface area contributed by atoms with Crippen molar-refractivity contribution in [2.75, 3.05) is 4.90 Å². The van der Waals surface area contributed by atoms with Crippen LogP contribution in [0.4, 0.5) is 17.1 Å². The van der Waals surface area contributed by atoms with E-state index in [1.807, 2.05) is 0 Å². The van der Waals surface area contributed by atoms with Gasteiger partial charge in [-0.05, 0) is 104 Å². The Morgan fingerprint density at radius 1 is 0.255 bits per heavy atom. The smallest absolute Gasteiger partial charge is 0.0467 e. The van der Waals surface area contributed by atoms with E-state index in [9.17, 15) is 0 Å². The fourth-order valence-electron chi connectivity index (χ4n) is 6.53. The average Bonchev–Trinajstić information content (AvgIpc) is 3.16. The third-order valence-corrected chi connectivity index (χ3v) is 8.82. The lowest BCUT2D eigenvalue weighted by molar-refractivity contribution is 1.28. The van der Waals surface area contributed by atoms with E-state index in [4.69, 9.17) is 0 Å². The Morgan fingerprint density at radius 3 is 1.32 bits per heavy atom. The molecule has 0 aliphatic heterocycles. The van der Waals surface area contributed by atoms with Gasteiger partial charge in [-0.2, -0.15) is 0 Å². The fourth-order valence-corrected chi connectivity index (χ4v) is 6.53. The van der Waals surface area contributed by atoms with Crippen molar-refractivity contribution in [1.29, 1.82) is 0 Å². The summed E-state index contributed by atoms with van der Waals surface area (Å²) in [4.78, 5) is 2.35. The van der Waals surface area contributed by atoms with E-state index in [0.29, 0.717) is 0 Å². The van der Waals surface area contributed by atoms with E-state index < -0.39 is 0 Å². The van der Waals surface area contributed by atoms with Gasteiger partial charge in [-0.25, -0.2) is 0 Å². The lowest BCUT2D eigenvalue weighted by Gasteiger charge is -2.26. The van der Waals surface area contributed by atoms with E-state index in [-0.39, 0.29) is 0 Å². The molecule has 0 amide bonds. The molecule has 8 aromatic rings. The van der Waals surface area contributed by atoms with Gasteiger partial charge in [0.25, 0.3) is 0 Å². The Balaban J connectivity index is 1.19. The molecule has 8 aromatic carbocycles. The number of anilines is 3. The minimum absolute atomic E-state index is 1.11. The molecule has 47 heavy (non-hydrogen) atoms.